The van der Waals surface area contributed by atoms with Gasteiger partial charge in [-0.2, -0.15) is 0 Å². The average molecular weight is 462 g/mol. The van der Waals surface area contributed by atoms with Gasteiger partial charge in [0.1, 0.15) is 5.82 Å². The van der Waals surface area contributed by atoms with Crippen LogP contribution in [0.1, 0.15) is 37.0 Å². The monoisotopic (exact) mass is 461 g/mol. The maximum Gasteiger partial charge on any atom is 0.261 e. The lowest BCUT2D eigenvalue weighted by Crippen LogP contribution is -2.44. The first-order valence-corrected chi connectivity index (χ1v) is 12.2. The minimum absolute atomic E-state index is 0.0562. The summed E-state index contributed by atoms with van der Waals surface area (Å²) in [5.41, 5.74) is 0.489. The van der Waals surface area contributed by atoms with E-state index < -0.39 is 15.8 Å². The highest BCUT2D eigenvalue weighted by Crippen LogP contribution is 2.23. The van der Waals surface area contributed by atoms with Gasteiger partial charge in [0, 0.05) is 43.3 Å². The van der Waals surface area contributed by atoms with E-state index in [1.807, 2.05) is 18.7 Å². The Balaban J connectivity index is 1.68. The summed E-state index contributed by atoms with van der Waals surface area (Å²) in [5, 5.41) is 0. The van der Waals surface area contributed by atoms with E-state index in [9.17, 15) is 22.4 Å². The summed E-state index contributed by atoms with van der Waals surface area (Å²) < 4.78 is 40.9. The number of carbonyl (C=O) groups is 2. The van der Waals surface area contributed by atoms with Crippen molar-refractivity contribution in [1.29, 1.82) is 0 Å². The fourth-order valence-corrected chi connectivity index (χ4v) is 4.94. The van der Waals surface area contributed by atoms with Crippen LogP contribution >= 0.6 is 0 Å². The van der Waals surface area contributed by atoms with E-state index in [2.05, 4.69) is 4.72 Å². The van der Waals surface area contributed by atoms with E-state index in [0.717, 1.165) is 12.1 Å². The third-order valence-electron chi connectivity index (χ3n) is 5.69. The number of benzene rings is 2. The Morgan fingerprint density at radius 2 is 1.69 bits per heavy atom. The van der Waals surface area contributed by atoms with E-state index in [1.165, 1.54) is 30.3 Å². The van der Waals surface area contributed by atoms with Crippen molar-refractivity contribution in [2.75, 3.05) is 30.9 Å². The number of hydrogen-bond acceptors (Lipinski definition) is 4. The molecule has 2 aromatic carbocycles. The van der Waals surface area contributed by atoms with E-state index in [1.54, 1.807) is 11.0 Å². The van der Waals surface area contributed by atoms with E-state index in [-0.39, 0.29) is 33.9 Å². The van der Waals surface area contributed by atoms with Crippen molar-refractivity contribution in [3.8, 4) is 0 Å². The number of sulfonamides is 1. The van der Waals surface area contributed by atoms with Gasteiger partial charge in [-0.05, 0) is 69.2 Å². The van der Waals surface area contributed by atoms with Crippen LogP contribution in [-0.4, -0.2) is 56.2 Å². The smallest absolute Gasteiger partial charge is 0.261 e. The van der Waals surface area contributed by atoms with Gasteiger partial charge in [-0.1, -0.05) is 6.07 Å². The molecule has 1 heterocycles. The lowest BCUT2D eigenvalue weighted by atomic mass is 9.94. The number of likely N-dealkylation sites (tertiary alicyclic amines) is 1. The van der Waals surface area contributed by atoms with Crippen molar-refractivity contribution in [1.82, 2.24) is 9.80 Å². The fraction of sp³-hybridized carbons (Fsp3) is 0.391. The molecule has 1 aliphatic rings. The first kappa shape index (κ1) is 23.7. The lowest BCUT2D eigenvalue weighted by molar-refractivity contribution is -0.136. The standard InChI is InChI=1S/C23H28FN3O4S/c1-3-26(4-2)22(28)17-12-14-27(15-13-17)23(29)18-6-5-7-21(16-18)32(30,31)25-20-10-8-19(24)9-11-20/h5-11,16-17,25H,3-4,12-15H2,1-2H3. The predicted octanol–water partition coefficient (Wildman–Crippen LogP) is 3.35. The van der Waals surface area contributed by atoms with Crippen LogP contribution in [-0.2, 0) is 14.8 Å². The number of piperidine rings is 1. The molecule has 7 nitrogen and oxygen atoms in total. The van der Waals surface area contributed by atoms with Gasteiger partial charge in [0.05, 0.1) is 4.90 Å². The SMILES string of the molecule is CCN(CC)C(=O)C1CCN(C(=O)c2cccc(S(=O)(=O)Nc3ccc(F)cc3)c2)CC1. The van der Waals surface area contributed by atoms with Crippen molar-refractivity contribution < 1.29 is 22.4 Å². The fourth-order valence-electron chi connectivity index (χ4n) is 3.83. The molecule has 0 radical (unpaired) electrons. The molecule has 2 amide bonds. The number of hydrogen-bond donors (Lipinski definition) is 1. The Labute approximate surface area is 188 Å². The molecule has 32 heavy (non-hydrogen) atoms. The highest BCUT2D eigenvalue weighted by atomic mass is 32.2. The molecule has 0 bridgehead atoms. The molecular formula is C23H28FN3O4S. The van der Waals surface area contributed by atoms with Gasteiger partial charge in [0.25, 0.3) is 15.9 Å². The van der Waals surface area contributed by atoms with Crippen LogP contribution in [0, 0.1) is 11.7 Å². The maximum absolute atomic E-state index is 13.1. The number of nitrogens with one attached hydrogen (secondary N) is 1. The molecule has 1 fully saturated rings. The summed E-state index contributed by atoms with van der Waals surface area (Å²) in [6.45, 7) is 6.13. The molecule has 0 unspecified atom stereocenters. The van der Waals surface area contributed by atoms with Crippen LogP contribution < -0.4 is 4.72 Å². The minimum atomic E-state index is -3.94. The molecule has 2 aromatic rings. The van der Waals surface area contributed by atoms with Gasteiger partial charge >= 0.3 is 0 Å². The number of amides is 2. The number of anilines is 1. The first-order chi connectivity index (χ1) is 15.2. The molecule has 1 aliphatic heterocycles. The molecule has 1 N–H and O–H groups in total. The second kappa shape index (κ2) is 10.1. The second-order valence-corrected chi connectivity index (χ2v) is 9.40. The van der Waals surface area contributed by atoms with Crippen LogP contribution in [0.15, 0.2) is 53.4 Å². The molecule has 0 aliphatic carbocycles. The van der Waals surface area contributed by atoms with Crippen LogP contribution in [0.5, 0.6) is 0 Å². The first-order valence-electron chi connectivity index (χ1n) is 10.7. The summed E-state index contributed by atoms with van der Waals surface area (Å²) in [4.78, 5) is 28.9. The van der Waals surface area contributed by atoms with Crippen molar-refractivity contribution >= 4 is 27.5 Å². The summed E-state index contributed by atoms with van der Waals surface area (Å²) in [7, 11) is -3.94. The molecular weight excluding hydrogens is 433 g/mol. The summed E-state index contributed by atoms with van der Waals surface area (Å²) in [5.74, 6) is -0.701. The van der Waals surface area contributed by atoms with Gasteiger partial charge < -0.3 is 9.80 Å². The highest BCUT2D eigenvalue weighted by molar-refractivity contribution is 7.92. The lowest BCUT2D eigenvalue weighted by Gasteiger charge is -2.33. The van der Waals surface area contributed by atoms with Crippen LogP contribution in [0.25, 0.3) is 0 Å². The largest absolute Gasteiger partial charge is 0.343 e. The molecule has 0 saturated carbocycles. The van der Waals surface area contributed by atoms with E-state index in [0.29, 0.717) is 39.0 Å². The van der Waals surface area contributed by atoms with Crippen LogP contribution in [0.2, 0.25) is 0 Å². The number of carbonyl (C=O) groups excluding carboxylic acids is 2. The zero-order chi connectivity index (χ0) is 23.3. The van der Waals surface area contributed by atoms with Crippen molar-refractivity contribution in [2.45, 2.75) is 31.6 Å². The quantitative estimate of drug-likeness (QED) is 0.685. The topological polar surface area (TPSA) is 86.8 Å². The van der Waals surface area contributed by atoms with Crippen molar-refractivity contribution in [3.63, 3.8) is 0 Å². The normalized spacial score (nSPS) is 14.8. The molecule has 0 spiro atoms. The van der Waals surface area contributed by atoms with Gasteiger partial charge in [-0.25, -0.2) is 12.8 Å². The number of rotatable bonds is 7. The highest BCUT2D eigenvalue weighted by Gasteiger charge is 2.30. The van der Waals surface area contributed by atoms with Gasteiger partial charge in [0.15, 0.2) is 0 Å². The van der Waals surface area contributed by atoms with Crippen LogP contribution in [0.4, 0.5) is 10.1 Å². The maximum atomic E-state index is 13.1. The molecule has 172 valence electrons. The molecule has 0 aromatic heterocycles. The Hall–Kier alpha value is -2.94. The molecule has 9 heteroatoms. The number of halogens is 1. The Morgan fingerprint density at radius 1 is 1.06 bits per heavy atom. The zero-order valence-electron chi connectivity index (χ0n) is 18.3. The zero-order valence-corrected chi connectivity index (χ0v) is 19.1. The van der Waals surface area contributed by atoms with E-state index in [4.69, 9.17) is 0 Å². The van der Waals surface area contributed by atoms with Gasteiger partial charge in [-0.3, -0.25) is 14.3 Å². The van der Waals surface area contributed by atoms with Crippen LogP contribution in [0.3, 0.4) is 0 Å². The predicted molar refractivity (Wildman–Crippen MR) is 120 cm³/mol. The molecule has 3 rings (SSSR count). The van der Waals surface area contributed by atoms with Crippen molar-refractivity contribution in [2.24, 2.45) is 5.92 Å². The molecule has 1 saturated heterocycles. The minimum Gasteiger partial charge on any atom is -0.343 e. The Bertz CT molecular complexity index is 1060. The Kier molecular flexibility index (Phi) is 7.50. The van der Waals surface area contributed by atoms with E-state index >= 15 is 0 Å². The van der Waals surface area contributed by atoms with Gasteiger partial charge in [0.2, 0.25) is 5.91 Å². The molecule has 0 atom stereocenters. The third kappa shape index (κ3) is 5.45. The summed E-state index contributed by atoms with van der Waals surface area (Å²) >= 11 is 0. The summed E-state index contributed by atoms with van der Waals surface area (Å²) in [6.07, 6.45) is 1.18. The van der Waals surface area contributed by atoms with Crippen molar-refractivity contribution in [3.05, 3.63) is 59.9 Å². The third-order valence-corrected chi connectivity index (χ3v) is 7.07. The second-order valence-electron chi connectivity index (χ2n) is 7.72. The number of nitrogens with zero attached hydrogens (tertiary/aromatic N) is 2. The van der Waals surface area contributed by atoms with Gasteiger partial charge in [-0.15, -0.1) is 0 Å². The Morgan fingerprint density at radius 3 is 2.28 bits per heavy atom. The average Bonchev–Trinajstić information content (AvgIpc) is 2.81. The summed E-state index contributed by atoms with van der Waals surface area (Å²) in [6, 6.07) is 10.8.